The highest BCUT2D eigenvalue weighted by molar-refractivity contribution is 5.90. The van der Waals surface area contributed by atoms with Gasteiger partial charge in [0.2, 0.25) is 5.91 Å². The fraction of sp³-hybridized carbons (Fsp3) is 0.350. The molecule has 26 heavy (non-hydrogen) atoms. The lowest BCUT2D eigenvalue weighted by Crippen LogP contribution is -2.50. The van der Waals surface area contributed by atoms with E-state index >= 15 is 0 Å². The molecule has 6 nitrogen and oxygen atoms in total. The summed E-state index contributed by atoms with van der Waals surface area (Å²) in [5, 5.41) is 2.94. The SMILES string of the molecule is CN(C)C(=O)CCc1cccc(NC(=O)N2CC(c3ccccn3)C2)c1. The molecular formula is C20H24N4O2. The number of aromatic nitrogens is 1. The third-order valence-corrected chi connectivity index (χ3v) is 4.58. The van der Waals surface area contributed by atoms with Gasteiger partial charge in [0.05, 0.1) is 0 Å². The number of amides is 3. The van der Waals surface area contributed by atoms with Gasteiger partial charge in [-0.2, -0.15) is 0 Å². The van der Waals surface area contributed by atoms with Gasteiger partial charge in [-0.1, -0.05) is 18.2 Å². The second-order valence-electron chi connectivity index (χ2n) is 6.78. The quantitative estimate of drug-likeness (QED) is 0.900. The van der Waals surface area contributed by atoms with Crippen LogP contribution in [-0.4, -0.2) is 53.9 Å². The van der Waals surface area contributed by atoms with E-state index < -0.39 is 0 Å². The highest BCUT2D eigenvalue weighted by Crippen LogP contribution is 2.26. The number of carbonyl (C=O) groups is 2. The Morgan fingerprint density at radius 3 is 2.69 bits per heavy atom. The van der Waals surface area contributed by atoms with Crippen molar-refractivity contribution in [2.45, 2.75) is 18.8 Å². The molecular weight excluding hydrogens is 328 g/mol. The van der Waals surface area contributed by atoms with Crippen LogP contribution in [-0.2, 0) is 11.2 Å². The number of aryl methyl sites for hydroxylation is 1. The smallest absolute Gasteiger partial charge is 0.321 e. The Morgan fingerprint density at radius 1 is 1.19 bits per heavy atom. The first-order valence-corrected chi connectivity index (χ1v) is 8.79. The lowest BCUT2D eigenvalue weighted by molar-refractivity contribution is -0.128. The lowest BCUT2D eigenvalue weighted by Gasteiger charge is -2.38. The van der Waals surface area contributed by atoms with Crippen molar-refractivity contribution in [2.24, 2.45) is 0 Å². The van der Waals surface area contributed by atoms with Gasteiger partial charge < -0.3 is 15.1 Å². The van der Waals surface area contributed by atoms with Crippen LogP contribution >= 0.6 is 0 Å². The number of urea groups is 1. The van der Waals surface area contributed by atoms with Gasteiger partial charge in [-0.3, -0.25) is 9.78 Å². The fourth-order valence-corrected chi connectivity index (χ4v) is 2.93. The Bertz CT molecular complexity index is 770. The summed E-state index contributed by atoms with van der Waals surface area (Å²) in [5.74, 6) is 0.408. The number of anilines is 1. The molecule has 0 bridgehead atoms. The van der Waals surface area contributed by atoms with Gasteiger partial charge in [0.1, 0.15) is 0 Å². The van der Waals surface area contributed by atoms with Gasteiger partial charge in [-0.25, -0.2) is 4.79 Å². The maximum absolute atomic E-state index is 12.4. The summed E-state index contributed by atoms with van der Waals surface area (Å²) in [6.07, 6.45) is 2.90. The van der Waals surface area contributed by atoms with E-state index in [1.807, 2.05) is 42.5 Å². The van der Waals surface area contributed by atoms with Crippen molar-refractivity contribution in [1.82, 2.24) is 14.8 Å². The number of nitrogens with zero attached hydrogens (tertiary/aromatic N) is 3. The molecule has 1 aliphatic rings. The van der Waals surface area contributed by atoms with E-state index in [9.17, 15) is 9.59 Å². The second kappa shape index (κ2) is 7.99. The Balaban J connectivity index is 1.51. The van der Waals surface area contributed by atoms with Crippen molar-refractivity contribution in [1.29, 1.82) is 0 Å². The molecule has 3 amide bonds. The molecule has 0 atom stereocenters. The van der Waals surface area contributed by atoms with Gasteiger partial charge >= 0.3 is 6.03 Å². The highest BCUT2D eigenvalue weighted by Gasteiger charge is 2.32. The molecule has 1 aromatic heterocycles. The molecule has 0 unspecified atom stereocenters. The molecule has 1 saturated heterocycles. The van der Waals surface area contributed by atoms with E-state index in [1.54, 1.807) is 30.1 Å². The fourth-order valence-electron chi connectivity index (χ4n) is 2.93. The van der Waals surface area contributed by atoms with Gasteiger partial charge in [-0.15, -0.1) is 0 Å². The molecule has 1 N–H and O–H groups in total. The van der Waals surface area contributed by atoms with Crippen LogP contribution in [0.5, 0.6) is 0 Å². The minimum Gasteiger partial charge on any atom is -0.349 e. The van der Waals surface area contributed by atoms with Crippen LogP contribution in [0, 0.1) is 0 Å². The Morgan fingerprint density at radius 2 is 2.00 bits per heavy atom. The number of carbonyl (C=O) groups excluding carboxylic acids is 2. The topological polar surface area (TPSA) is 65.5 Å². The van der Waals surface area contributed by atoms with E-state index in [0.29, 0.717) is 31.8 Å². The van der Waals surface area contributed by atoms with Gasteiger partial charge in [0.15, 0.2) is 0 Å². The normalized spacial score (nSPS) is 13.8. The minimum absolute atomic E-state index is 0.0978. The van der Waals surface area contributed by atoms with E-state index in [2.05, 4.69) is 10.3 Å². The first-order chi connectivity index (χ1) is 12.5. The molecule has 0 saturated carbocycles. The second-order valence-corrected chi connectivity index (χ2v) is 6.78. The van der Waals surface area contributed by atoms with E-state index in [0.717, 1.165) is 16.9 Å². The maximum Gasteiger partial charge on any atom is 0.321 e. The summed E-state index contributed by atoms with van der Waals surface area (Å²) in [7, 11) is 3.51. The molecule has 0 aliphatic carbocycles. The molecule has 2 aromatic rings. The molecule has 0 radical (unpaired) electrons. The summed E-state index contributed by atoms with van der Waals surface area (Å²) in [6.45, 7) is 1.36. The van der Waals surface area contributed by atoms with Crippen molar-refractivity contribution in [3.8, 4) is 0 Å². The van der Waals surface area contributed by atoms with Crippen LogP contribution in [0.3, 0.4) is 0 Å². The third kappa shape index (κ3) is 4.39. The van der Waals surface area contributed by atoms with E-state index in [1.165, 1.54) is 0 Å². The third-order valence-electron chi connectivity index (χ3n) is 4.58. The Kier molecular flexibility index (Phi) is 5.51. The van der Waals surface area contributed by atoms with Crippen molar-refractivity contribution in [2.75, 3.05) is 32.5 Å². The summed E-state index contributed by atoms with van der Waals surface area (Å²) < 4.78 is 0. The van der Waals surface area contributed by atoms with Crippen LogP contribution in [0.25, 0.3) is 0 Å². The number of pyridine rings is 1. The first kappa shape index (κ1) is 17.9. The Labute approximate surface area is 153 Å². The Hall–Kier alpha value is -2.89. The van der Waals surface area contributed by atoms with Crippen molar-refractivity contribution >= 4 is 17.6 Å². The van der Waals surface area contributed by atoms with Crippen LogP contribution in [0.4, 0.5) is 10.5 Å². The van der Waals surface area contributed by atoms with Crippen molar-refractivity contribution in [3.05, 3.63) is 59.9 Å². The molecule has 1 fully saturated rings. The molecule has 6 heteroatoms. The van der Waals surface area contributed by atoms with Gasteiger partial charge in [-0.05, 0) is 36.2 Å². The number of hydrogen-bond acceptors (Lipinski definition) is 3. The average molecular weight is 352 g/mol. The zero-order chi connectivity index (χ0) is 18.5. The number of hydrogen-bond donors (Lipinski definition) is 1. The zero-order valence-corrected chi connectivity index (χ0v) is 15.2. The predicted octanol–water partition coefficient (Wildman–Crippen LogP) is 2.73. The number of nitrogens with one attached hydrogen (secondary N) is 1. The highest BCUT2D eigenvalue weighted by atomic mass is 16.2. The molecule has 3 rings (SSSR count). The molecule has 1 aliphatic heterocycles. The van der Waals surface area contributed by atoms with Crippen molar-refractivity contribution in [3.63, 3.8) is 0 Å². The van der Waals surface area contributed by atoms with E-state index in [4.69, 9.17) is 0 Å². The van der Waals surface area contributed by atoms with Gasteiger partial charge in [0, 0.05) is 57.1 Å². The molecule has 2 heterocycles. The first-order valence-electron chi connectivity index (χ1n) is 8.79. The standard InChI is InChI=1S/C20H24N4O2/c1-23(2)19(25)10-9-15-6-5-7-17(12-15)22-20(26)24-13-16(14-24)18-8-3-4-11-21-18/h3-8,11-12,16H,9-10,13-14H2,1-2H3,(H,22,26). The van der Waals surface area contributed by atoms with E-state index in [-0.39, 0.29) is 11.9 Å². The molecule has 136 valence electrons. The van der Waals surface area contributed by atoms with Crippen LogP contribution in [0.2, 0.25) is 0 Å². The summed E-state index contributed by atoms with van der Waals surface area (Å²) in [4.78, 5) is 31.8. The molecule has 1 aromatic carbocycles. The van der Waals surface area contributed by atoms with Crippen LogP contribution < -0.4 is 5.32 Å². The monoisotopic (exact) mass is 352 g/mol. The maximum atomic E-state index is 12.4. The summed E-state index contributed by atoms with van der Waals surface area (Å²) >= 11 is 0. The average Bonchev–Trinajstić information content (AvgIpc) is 2.59. The van der Waals surface area contributed by atoms with Crippen molar-refractivity contribution < 1.29 is 9.59 Å². The largest absolute Gasteiger partial charge is 0.349 e. The number of rotatable bonds is 5. The summed E-state index contributed by atoms with van der Waals surface area (Å²) in [5.41, 5.74) is 2.82. The zero-order valence-electron chi connectivity index (χ0n) is 15.2. The summed E-state index contributed by atoms with van der Waals surface area (Å²) in [6, 6.07) is 13.4. The predicted molar refractivity (Wildman–Crippen MR) is 101 cm³/mol. The van der Waals surface area contributed by atoms with Crippen LogP contribution in [0.1, 0.15) is 23.6 Å². The number of likely N-dealkylation sites (tertiary alicyclic amines) is 1. The van der Waals surface area contributed by atoms with Gasteiger partial charge in [0.25, 0.3) is 0 Å². The van der Waals surface area contributed by atoms with Crippen LogP contribution in [0.15, 0.2) is 48.7 Å². The number of benzene rings is 1. The molecule has 0 spiro atoms. The lowest BCUT2D eigenvalue weighted by atomic mass is 9.96. The minimum atomic E-state index is -0.0984.